The average molecular weight is 268 g/mol. The van der Waals surface area contributed by atoms with Crippen LogP contribution >= 0.6 is 0 Å². The standard InChI is InChI=1S/C18H20O2/c1-3-14-8-7-9-16(15(14)4-2)17-10-5-6-11-18(17,12-19)13-20/h5-10,12-13H,3-4,11H2,1-2H3. The first kappa shape index (κ1) is 14.4. The first-order valence-electron chi connectivity index (χ1n) is 7.13. The van der Waals surface area contributed by atoms with Crippen LogP contribution in [0.2, 0.25) is 0 Å². The van der Waals surface area contributed by atoms with Crippen molar-refractivity contribution in [2.45, 2.75) is 33.1 Å². The van der Waals surface area contributed by atoms with Crippen molar-refractivity contribution < 1.29 is 9.59 Å². The zero-order valence-electron chi connectivity index (χ0n) is 12.1. The van der Waals surface area contributed by atoms with Gasteiger partial charge in [0.2, 0.25) is 0 Å². The van der Waals surface area contributed by atoms with Crippen LogP contribution in [0.1, 0.15) is 37.0 Å². The molecule has 1 aliphatic carbocycles. The van der Waals surface area contributed by atoms with Crippen molar-refractivity contribution in [3.8, 4) is 0 Å². The zero-order valence-corrected chi connectivity index (χ0v) is 12.1. The van der Waals surface area contributed by atoms with Gasteiger partial charge in [0, 0.05) is 0 Å². The molecular weight excluding hydrogens is 248 g/mol. The number of hydrogen-bond donors (Lipinski definition) is 0. The molecule has 0 fully saturated rings. The second kappa shape index (κ2) is 6.00. The number of aldehydes is 2. The molecule has 1 aliphatic rings. The van der Waals surface area contributed by atoms with Crippen molar-refractivity contribution in [1.82, 2.24) is 0 Å². The average Bonchev–Trinajstić information content (AvgIpc) is 2.53. The lowest BCUT2D eigenvalue weighted by Crippen LogP contribution is -2.27. The van der Waals surface area contributed by atoms with E-state index in [2.05, 4.69) is 19.9 Å². The van der Waals surface area contributed by atoms with Gasteiger partial charge in [-0.15, -0.1) is 0 Å². The van der Waals surface area contributed by atoms with Gasteiger partial charge in [0.15, 0.2) is 0 Å². The molecule has 20 heavy (non-hydrogen) atoms. The van der Waals surface area contributed by atoms with Crippen LogP contribution in [0.15, 0.2) is 36.4 Å². The van der Waals surface area contributed by atoms with Crippen LogP contribution in [0.5, 0.6) is 0 Å². The molecule has 0 saturated carbocycles. The second-order valence-corrected chi connectivity index (χ2v) is 5.14. The van der Waals surface area contributed by atoms with Crippen LogP contribution in [-0.2, 0) is 22.4 Å². The molecule has 0 amide bonds. The van der Waals surface area contributed by atoms with Crippen molar-refractivity contribution in [2.24, 2.45) is 5.41 Å². The third-order valence-corrected chi connectivity index (χ3v) is 4.07. The topological polar surface area (TPSA) is 34.1 Å². The number of benzene rings is 1. The van der Waals surface area contributed by atoms with Gasteiger partial charge in [-0.2, -0.15) is 0 Å². The molecule has 0 bridgehead atoms. The summed E-state index contributed by atoms with van der Waals surface area (Å²) in [5.74, 6) is 0. The fourth-order valence-electron chi connectivity index (χ4n) is 2.92. The Morgan fingerprint density at radius 1 is 1.15 bits per heavy atom. The van der Waals surface area contributed by atoms with Gasteiger partial charge in [0.1, 0.15) is 18.0 Å². The highest BCUT2D eigenvalue weighted by Crippen LogP contribution is 2.40. The SMILES string of the molecule is CCc1cccc(C2=CC=CCC2(C=O)C=O)c1CC. The van der Waals surface area contributed by atoms with E-state index in [-0.39, 0.29) is 0 Å². The fraction of sp³-hybridized carbons (Fsp3) is 0.333. The summed E-state index contributed by atoms with van der Waals surface area (Å²) in [7, 11) is 0. The second-order valence-electron chi connectivity index (χ2n) is 5.14. The summed E-state index contributed by atoms with van der Waals surface area (Å²) in [6.45, 7) is 4.24. The van der Waals surface area contributed by atoms with E-state index in [9.17, 15) is 9.59 Å². The molecule has 0 saturated heterocycles. The molecule has 0 N–H and O–H groups in total. The zero-order chi connectivity index (χ0) is 14.6. The maximum absolute atomic E-state index is 11.5. The van der Waals surface area contributed by atoms with Gasteiger partial charge in [-0.05, 0) is 41.5 Å². The summed E-state index contributed by atoms with van der Waals surface area (Å²) in [5.41, 5.74) is 3.37. The molecule has 0 atom stereocenters. The van der Waals surface area contributed by atoms with E-state index in [1.165, 1.54) is 11.1 Å². The molecule has 1 aromatic rings. The highest BCUT2D eigenvalue weighted by Gasteiger charge is 2.35. The van der Waals surface area contributed by atoms with Crippen LogP contribution in [0.25, 0.3) is 5.57 Å². The summed E-state index contributed by atoms with van der Waals surface area (Å²) >= 11 is 0. The van der Waals surface area contributed by atoms with E-state index in [4.69, 9.17) is 0 Å². The molecule has 0 aliphatic heterocycles. The van der Waals surface area contributed by atoms with Gasteiger partial charge in [0.25, 0.3) is 0 Å². The van der Waals surface area contributed by atoms with E-state index in [0.717, 1.165) is 36.6 Å². The van der Waals surface area contributed by atoms with Crippen molar-refractivity contribution in [3.63, 3.8) is 0 Å². The molecule has 2 heteroatoms. The van der Waals surface area contributed by atoms with Gasteiger partial charge < -0.3 is 9.59 Å². The Morgan fingerprint density at radius 3 is 2.50 bits per heavy atom. The molecule has 0 unspecified atom stereocenters. The normalized spacial score (nSPS) is 16.6. The Hall–Kier alpha value is -1.96. The van der Waals surface area contributed by atoms with E-state index in [0.29, 0.717) is 6.42 Å². The molecular formula is C18H20O2. The highest BCUT2D eigenvalue weighted by atomic mass is 16.1. The lowest BCUT2D eigenvalue weighted by Gasteiger charge is -2.28. The number of allylic oxidation sites excluding steroid dienone is 4. The Morgan fingerprint density at radius 2 is 1.90 bits per heavy atom. The van der Waals surface area contributed by atoms with Crippen LogP contribution in [-0.4, -0.2) is 12.6 Å². The maximum Gasteiger partial charge on any atom is 0.138 e. The van der Waals surface area contributed by atoms with Crippen molar-refractivity contribution in [1.29, 1.82) is 0 Å². The Kier molecular flexibility index (Phi) is 4.33. The van der Waals surface area contributed by atoms with Crippen LogP contribution in [0.4, 0.5) is 0 Å². The minimum atomic E-state index is -1.02. The quantitative estimate of drug-likeness (QED) is 0.604. The maximum atomic E-state index is 11.5. The lowest BCUT2D eigenvalue weighted by molar-refractivity contribution is -0.122. The Bertz CT molecular complexity index is 571. The number of carbonyl (C=O) groups is 2. The molecule has 104 valence electrons. The van der Waals surface area contributed by atoms with E-state index >= 15 is 0 Å². The largest absolute Gasteiger partial charge is 0.302 e. The number of hydrogen-bond acceptors (Lipinski definition) is 2. The lowest BCUT2D eigenvalue weighted by atomic mass is 9.72. The summed E-state index contributed by atoms with van der Waals surface area (Å²) in [4.78, 5) is 23.1. The van der Waals surface area contributed by atoms with E-state index < -0.39 is 5.41 Å². The monoisotopic (exact) mass is 268 g/mol. The molecule has 0 radical (unpaired) electrons. The van der Waals surface area contributed by atoms with Gasteiger partial charge in [-0.25, -0.2) is 0 Å². The summed E-state index contributed by atoms with van der Waals surface area (Å²) < 4.78 is 0. The van der Waals surface area contributed by atoms with Crippen molar-refractivity contribution in [2.75, 3.05) is 0 Å². The van der Waals surface area contributed by atoms with Crippen molar-refractivity contribution in [3.05, 3.63) is 53.1 Å². The molecule has 2 nitrogen and oxygen atoms in total. The third kappa shape index (κ3) is 2.26. The Balaban J connectivity index is 2.65. The predicted octanol–water partition coefficient (Wildman–Crippen LogP) is 3.54. The van der Waals surface area contributed by atoms with Gasteiger partial charge in [-0.1, -0.05) is 50.3 Å². The van der Waals surface area contributed by atoms with E-state index in [1.54, 1.807) is 0 Å². The molecule has 1 aromatic carbocycles. The fourth-order valence-corrected chi connectivity index (χ4v) is 2.92. The first-order valence-corrected chi connectivity index (χ1v) is 7.13. The molecule has 2 rings (SSSR count). The van der Waals surface area contributed by atoms with E-state index in [1.807, 2.05) is 30.4 Å². The smallest absolute Gasteiger partial charge is 0.138 e. The Labute approximate surface area is 120 Å². The number of rotatable bonds is 5. The van der Waals surface area contributed by atoms with Crippen molar-refractivity contribution >= 4 is 18.1 Å². The van der Waals surface area contributed by atoms with Crippen LogP contribution < -0.4 is 0 Å². The summed E-state index contributed by atoms with van der Waals surface area (Å²) in [6.07, 6.45) is 9.58. The van der Waals surface area contributed by atoms with Gasteiger partial charge in [-0.3, -0.25) is 0 Å². The predicted molar refractivity (Wildman–Crippen MR) is 81.5 cm³/mol. The molecule has 0 heterocycles. The minimum absolute atomic E-state index is 0.450. The minimum Gasteiger partial charge on any atom is -0.302 e. The molecule has 0 aromatic heterocycles. The third-order valence-electron chi connectivity index (χ3n) is 4.07. The van der Waals surface area contributed by atoms with Crippen LogP contribution in [0, 0.1) is 5.41 Å². The highest BCUT2D eigenvalue weighted by molar-refractivity contribution is 6.02. The number of aryl methyl sites for hydroxylation is 1. The van der Waals surface area contributed by atoms with Gasteiger partial charge in [0.05, 0.1) is 0 Å². The van der Waals surface area contributed by atoms with Gasteiger partial charge >= 0.3 is 0 Å². The summed E-state index contributed by atoms with van der Waals surface area (Å²) in [5, 5.41) is 0. The number of carbonyl (C=O) groups excluding carboxylic acids is 2. The first-order chi connectivity index (χ1) is 9.72. The molecule has 0 spiro atoms. The summed E-state index contributed by atoms with van der Waals surface area (Å²) in [6, 6.07) is 6.14. The van der Waals surface area contributed by atoms with Crippen LogP contribution in [0.3, 0.4) is 0 Å².